The molecule has 21 atom stereocenters. The van der Waals surface area contributed by atoms with Crippen LogP contribution in [0.25, 0.3) is 0 Å². The largest absolute Gasteiger partial charge is 0.432 e. The summed E-state index contributed by atoms with van der Waals surface area (Å²) in [6.45, 7) is 6.52. The van der Waals surface area contributed by atoms with Gasteiger partial charge in [0.15, 0.2) is 12.6 Å². The number of ether oxygens (including phenoxy) is 6. The number of hydrogen-bond acceptors (Lipinski definition) is 18. The van der Waals surface area contributed by atoms with Crippen LogP contribution in [0.4, 0.5) is 0 Å². The van der Waals surface area contributed by atoms with Gasteiger partial charge in [-0.25, -0.2) is 0 Å². The van der Waals surface area contributed by atoms with E-state index in [2.05, 4.69) is 13.5 Å². The summed E-state index contributed by atoms with van der Waals surface area (Å²) >= 11 is 0. The second kappa shape index (κ2) is 16.4. The maximum Gasteiger partial charge on any atom is 0.314 e. The molecule has 19 heteroatoms. The van der Waals surface area contributed by atoms with E-state index >= 15 is 0 Å². The van der Waals surface area contributed by atoms with Gasteiger partial charge in [0.2, 0.25) is 6.29 Å². The Morgan fingerprint density at radius 2 is 1.21 bits per heavy atom. The molecule has 1 unspecified atom stereocenters. The molecule has 4 aliphatic carbocycles. The lowest BCUT2D eigenvalue weighted by Gasteiger charge is -2.64. The van der Waals surface area contributed by atoms with E-state index in [0.717, 1.165) is 18.4 Å². The third kappa shape index (κ3) is 7.20. The number of carbonyl (C=O) groups is 1. The second-order valence-electron chi connectivity index (χ2n) is 18.0. The highest BCUT2D eigenvalue weighted by Gasteiger charge is 2.69. The van der Waals surface area contributed by atoms with Crippen LogP contribution in [0.2, 0.25) is 0 Å². The Balaban J connectivity index is 0.00000549. The van der Waals surface area contributed by atoms with Crippen molar-refractivity contribution in [3.05, 3.63) is 12.2 Å². The molecule has 4 saturated carbocycles. The van der Waals surface area contributed by atoms with Gasteiger partial charge in [-0.2, -0.15) is 0 Å². The molecule has 0 radical (unpaired) electrons. The predicted octanol–water partition coefficient (Wildman–Crippen LogP) is -3.76. The van der Waals surface area contributed by atoms with E-state index < -0.39 is 129 Å². The summed E-state index contributed by atoms with van der Waals surface area (Å²) in [5.41, 5.74) is -1.80. The number of aliphatic hydroxyl groups is 11. The van der Waals surface area contributed by atoms with Gasteiger partial charge in [-0.05, 0) is 86.5 Å². The number of carbonyl (C=O) groups excluding carboxylic acids is 1. The van der Waals surface area contributed by atoms with Crippen LogP contribution in [0.15, 0.2) is 12.2 Å². The first-order valence-corrected chi connectivity index (χ1v) is 19.9. The molecule has 0 aromatic carbocycles. The summed E-state index contributed by atoms with van der Waals surface area (Å²) < 4.78 is 35.6. The smallest absolute Gasteiger partial charge is 0.314 e. The van der Waals surface area contributed by atoms with Crippen LogP contribution in [-0.2, 0) is 33.2 Å². The van der Waals surface area contributed by atoms with Gasteiger partial charge in [0.1, 0.15) is 73.2 Å². The lowest BCUT2D eigenvalue weighted by Crippen LogP contribution is -2.65. The number of esters is 1. The summed E-state index contributed by atoms with van der Waals surface area (Å²) in [4.78, 5) is 14.1. The van der Waals surface area contributed by atoms with E-state index in [-0.39, 0.29) is 28.1 Å². The molecule has 0 amide bonds. The van der Waals surface area contributed by atoms with Gasteiger partial charge in [-0.15, -0.1) is 0 Å². The highest BCUT2D eigenvalue weighted by Crippen LogP contribution is 2.73. The van der Waals surface area contributed by atoms with Gasteiger partial charge in [0, 0.05) is 0 Å². The van der Waals surface area contributed by atoms with Crippen molar-refractivity contribution in [3.63, 3.8) is 0 Å². The molecule has 7 aliphatic rings. The Kier molecular flexibility index (Phi) is 13.0. The van der Waals surface area contributed by atoms with Gasteiger partial charge in [-0.1, -0.05) is 19.9 Å². The minimum absolute atomic E-state index is 0. The highest BCUT2D eigenvalue weighted by atomic mass is 16.8. The molecule has 0 aromatic heterocycles. The van der Waals surface area contributed by atoms with Crippen molar-refractivity contribution in [1.29, 1.82) is 0 Å². The summed E-state index contributed by atoms with van der Waals surface area (Å²) in [7, 11) is 0. The molecule has 3 heterocycles. The number of hydrogen-bond donors (Lipinski definition) is 11. The molecule has 13 N–H and O–H groups in total. The number of rotatable bonds is 9. The maximum atomic E-state index is 14.1. The van der Waals surface area contributed by atoms with E-state index in [4.69, 9.17) is 28.4 Å². The van der Waals surface area contributed by atoms with Crippen molar-refractivity contribution in [1.82, 2.24) is 0 Å². The molecule has 2 bridgehead atoms. The van der Waals surface area contributed by atoms with Crippen LogP contribution < -0.4 is 0 Å². The van der Waals surface area contributed by atoms with E-state index in [0.29, 0.717) is 44.9 Å². The molecule has 19 nitrogen and oxygen atoms in total. The SMILES string of the molecule is C=C1C[C@@]23CC[C@H]4[C@@](C)(CCC[C@@]4(C)C(=O)O[C@@H]4O[C@H](CO)[C@@H](O)[C@H](O)[C@H]4O)[C@@H]2CC[C@]1(O[C@@H]1O[C@H](CO)C(O)[C@H](O)[C@H]1O[C@@H]1O[C@H](CO)[C@@H](O)[C@H](O)[C@H]1O)C3.O. The van der Waals surface area contributed by atoms with Crippen LogP contribution >= 0.6 is 0 Å². The van der Waals surface area contributed by atoms with Crippen LogP contribution in [0.3, 0.4) is 0 Å². The molecule has 0 aromatic rings. The summed E-state index contributed by atoms with van der Waals surface area (Å²) in [6.07, 6.45) is -17.8. The van der Waals surface area contributed by atoms with Crippen molar-refractivity contribution in [2.45, 2.75) is 169 Å². The normalized spacial score (nSPS) is 53.6. The zero-order valence-corrected chi connectivity index (χ0v) is 32.3. The fraction of sp³-hybridized carbons (Fsp3) is 0.921. The van der Waals surface area contributed by atoms with Crippen molar-refractivity contribution >= 4 is 5.97 Å². The first-order chi connectivity index (χ1) is 26.4. The van der Waals surface area contributed by atoms with Crippen LogP contribution in [0.1, 0.15) is 71.6 Å². The quantitative estimate of drug-likeness (QED) is 0.0604. The molecule has 57 heavy (non-hydrogen) atoms. The zero-order chi connectivity index (χ0) is 40.7. The fourth-order valence-electron chi connectivity index (χ4n) is 12.0. The van der Waals surface area contributed by atoms with E-state index in [1.165, 1.54) is 0 Å². The van der Waals surface area contributed by atoms with Gasteiger partial charge < -0.3 is 90.1 Å². The summed E-state index contributed by atoms with van der Waals surface area (Å²) in [5.74, 6) is -0.591. The molecular weight excluding hydrogens is 760 g/mol. The topological polar surface area (TPSA) is 326 Å². The summed E-state index contributed by atoms with van der Waals surface area (Å²) in [6, 6.07) is 0. The zero-order valence-electron chi connectivity index (χ0n) is 32.3. The van der Waals surface area contributed by atoms with Crippen LogP contribution in [0.5, 0.6) is 0 Å². The van der Waals surface area contributed by atoms with Gasteiger partial charge in [-0.3, -0.25) is 4.79 Å². The third-order valence-corrected chi connectivity index (χ3v) is 15.0. The molecule has 7 fully saturated rings. The minimum Gasteiger partial charge on any atom is -0.432 e. The second-order valence-corrected chi connectivity index (χ2v) is 18.0. The predicted molar refractivity (Wildman–Crippen MR) is 190 cm³/mol. The Morgan fingerprint density at radius 3 is 1.81 bits per heavy atom. The number of fused-ring (bicyclic) bond motifs is 3. The van der Waals surface area contributed by atoms with Crippen molar-refractivity contribution in [2.24, 2.45) is 28.1 Å². The standard InChI is InChI=1S/C38H60O18.H2O/c1-16-11-37-9-5-20-35(2,7-4-8-36(20,3)34(50)55-32-29(49)26(46)23(43)18(13-40)52-32)21(37)6-10-38(16,15-37)56-33-30(27(47)24(44)19(14-41)53-33)54-31-28(48)25(45)22(42)17(12-39)51-31;/h17-33,39-49H,1,4-15H2,2-3H3;1H2/t17-,18-,19-,20+,21+,22-,23-,24?,25+,26+,27+,28-,29-,30-,31+,32+,33+,35-,36-,37-,38+;/m1./s1. The first-order valence-electron chi connectivity index (χ1n) is 19.9. The molecule has 3 saturated heterocycles. The Hall–Kier alpha value is -1.47. The van der Waals surface area contributed by atoms with Gasteiger partial charge in [0.05, 0.1) is 30.8 Å². The minimum atomic E-state index is -1.81. The van der Waals surface area contributed by atoms with Crippen molar-refractivity contribution in [3.8, 4) is 0 Å². The third-order valence-electron chi connectivity index (χ3n) is 15.0. The monoisotopic (exact) mass is 822 g/mol. The first kappa shape index (κ1) is 45.1. The Bertz CT molecular complexity index is 1450. The van der Waals surface area contributed by atoms with Crippen molar-refractivity contribution in [2.75, 3.05) is 19.8 Å². The maximum absolute atomic E-state index is 14.1. The molecule has 328 valence electrons. The molecule has 7 rings (SSSR count). The van der Waals surface area contributed by atoms with Gasteiger partial charge in [0.25, 0.3) is 0 Å². The molecule has 1 spiro atoms. The molecular formula is C38H62O19. The van der Waals surface area contributed by atoms with E-state index in [9.17, 15) is 61.0 Å². The van der Waals surface area contributed by atoms with Crippen LogP contribution in [-0.4, -0.2) is 185 Å². The molecule has 3 aliphatic heterocycles. The lowest BCUT2D eigenvalue weighted by atomic mass is 9.41. The average Bonchev–Trinajstić information content (AvgIpc) is 3.37. The lowest BCUT2D eigenvalue weighted by molar-refractivity contribution is -0.378. The average molecular weight is 823 g/mol. The van der Waals surface area contributed by atoms with Crippen LogP contribution in [0, 0.1) is 28.1 Å². The van der Waals surface area contributed by atoms with Crippen molar-refractivity contribution < 1.29 is 94.9 Å². The van der Waals surface area contributed by atoms with Gasteiger partial charge >= 0.3 is 5.97 Å². The van der Waals surface area contributed by atoms with E-state index in [1.54, 1.807) is 0 Å². The Labute approximate surface area is 330 Å². The highest BCUT2D eigenvalue weighted by molar-refractivity contribution is 5.77. The summed E-state index contributed by atoms with van der Waals surface area (Å²) in [5, 5.41) is 114. The Morgan fingerprint density at radius 1 is 0.684 bits per heavy atom. The fourth-order valence-corrected chi connectivity index (χ4v) is 12.0. The van der Waals surface area contributed by atoms with E-state index in [1.807, 2.05) is 6.92 Å². The number of aliphatic hydroxyl groups excluding tert-OH is 11.